The minimum atomic E-state index is 0.0493. The van der Waals surface area contributed by atoms with Gasteiger partial charge in [-0.25, -0.2) is 4.98 Å². The molecule has 1 aromatic carbocycles. The second-order valence-corrected chi connectivity index (χ2v) is 5.64. The first kappa shape index (κ1) is 15.4. The summed E-state index contributed by atoms with van der Waals surface area (Å²) in [4.78, 5) is 22.6. The Morgan fingerprint density at radius 2 is 2.35 bits per heavy atom. The largest absolute Gasteiger partial charge is 0.437 e. The SMILES string of the molecule is CNCC1CCN(C(=O)c2cccc(Oc3cnccn3)c2)C1. The molecule has 0 aliphatic carbocycles. The molecule has 6 heteroatoms. The van der Waals surface area contributed by atoms with Gasteiger partial charge in [0.25, 0.3) is 5.91 Å². The maximum absolute atomic E-state index is 12.6. The molecule has 2 aromatic rings. The van der Waals surface area contributed by atoms with Crippen LogP contribution in [0.2, 0.25) is 0 Å². The van der Waals surface area contributed by atoms with Crippen molar-refractivity contribution >= 4 is 5.91 Å². The van der Waals surface area contributed by atoms with Gasteiger partial charge in [0.15, 0.2) is 0 Å². The Kier molecular flexibility index (Phi) is 4.83. The fourth-order valence-corrected chi connectivity index (χ4v) is 2.81. The summed E-state index contributed by atoms with van der Waals surface area (Å²) in [7, 11) is 1.94. The lowest BCUT2D eigenvalue weighted by Crippen LogP contribution is -2.30. The van der Waals surface area contributed by atoms with Gasteiger partial charge in [0.2, 0.25) is 5.88 Å². The zero-order valence-corrected chi connectivity index (χ0v) is 13.1. The second kappa shape index (κ2) is 7.19. The van der Waals surface area contributed by atoms with Gasteiger partial charge in [0.1, 0.15) is 5.75 Å². The van der Waals surface area contributed by atoms with Crippen molar-refractivity contribution in [2.24, 2.45) is 5.92 Å². The molecule has 1 aromatic heterocycles. The number of aromatic nitrogens is 2. The van der Waals surface area contributed by atoms with Crippen molar-refractivity contribution in [1.29, 1.82) is 0 Å². The average Bonchev–Trinajstić information content (AvgIpc) is 3.04. The van der Waals surface area contributed by atoms with Gasteiger partial charge in [-0.15, -0.1) is 0 Å². The van der Waals surface area contributed by atoms with Gasteiger partial charge in [0.05, 0.1) is 6.20 Å². The molecule has 0 spiro atoms. The molecule has 3 rings (SSSR count). The second-order valence-electron chi connectivity index (χ2n) is 5.64. The molecule has 1 fully saturated rings. The van der Waals surface area contributed by atoms with E-state index < -0.39 is 0 Å². The lowest BCUT2D eigenvalue weighted by molar-refractivity contribution is 0.0787. The summed E-state index contributed by atoms with van der Waals surface area (Å²) in [6, 6.07) is 7.19. The van der Waals surface area contributed by atoms with E-state index in [0.717, 1.165) is 26.1 Å². The number of benzene rings is 1. The van der Waals surface area contributed by atoms with Crippen LogP contribution in [0.1, 0.15) is 16.8 Å². The predicted molar refractivity (Wildman–Crippen MR) is 86.5 cm³/mol. The van der Waals surface area contributed by atoms with Crippen LogP contribution in [0.3, 0.4) is 0 Å². The van der Waals surface area contributed by atoms with E-state index in [1.54, 1.807) is 24.5 Å². The lowest BCUT2D eigenvalue weighted by atomic mass is 10.1. The molecule has 1 saturated heterocycles. The van der Waals surface area contributed by atoms with Crippen molar-refractivity contribution in [2.45, 2.75) is 6.42 Å². The Morgan fingerprint density at radius 3 is 3.13 bits per heavy atom. The standard InChI is InChI=1S/C17H20N4O2/c1-18-10-13-5-8-21(12-13)17(22)14-3-2-4-15(9-14)23-16-11-19-6-7-20-16/h2-4,6-7,9,11,13,18H,5,8,10,12H2,1H3. The highest BCUT2D eigenvalue weighted by Gasteiger charge is 2.26. The molecule has 1 unspecified atom stereocenters. The Morgan fingerprint density at radius 1 is 1.43 bits per heavy atom. The maximum Gasteiger partial charge on any atom is 0.253 e. The number of carbonyl (C=O) groups is 1. The molecule has 0 saturated carbocycles. The predicted octanol–water partition coefficient (Wildman–Crippen LogP) is 1.95. The number of nitrogens with zero attached hydrogens (tertiary/aromatic N) is 3. The minimum absolute atomic E-state index is 0.0493. The maximum atomic E-state index is 12.6. The summed E-state index contributed by atoms with van der Waals surface area (Å²) < 4.78 is 5.64. The van der Waals surface area contributed by atoms with E-state index in [-0.39, 0.29) is 5.91 Å². The van der Waals surface area contributed by atoms with E-state index in [4.69, 9.17) is 4.74 Å². The molecule has 1 atom stereocenters. The van der Waals surface area contributed by atoms with Crippen molar-refractivity contribution < 1.29 is 9.53 Å². The zero-order valence-electron chi connectivity index (χ0n) is 13.1. The van der Waals surface area contributed by atoms with Crippen LogP contribution in [-0.4, -0.2) is 47.5 Å². The summed E-state index contributed by atoms with van der Waals surface area (Å²) in [6.45, 7) is 2.55. The van der Waals surface area contributed by atoms with E-state index in [1.165, 1.54) is 6.20 Å². The van der Waals surface area contributed by atoms with Gasteiger partial charge in [-0.1, -0.05) is 6.07 Å². The van der Waals surface area contributed by atoms with Crippen molar-refractivity contribution in [3.8, 4) is 11.6 Å². The third-order valence-corrected chi connectivity index (χ3v) is 3.91. The van der Waals surface area contributed by atoms with Gasteiger partial charge in [-0.05, 0) is 44.1 Å². The highest BCUT2D eigenvalue weighted by molar-refractivity contribution is 5.94. The highest BCUT2D eigenvalue weighted by Crippen LogP contribution is 2.22. The van der Waals surface area contributed by atoms with E-state index in [1.807, 2.05) is 24.1 Å². The number of carbonyl (C=O) groups excluding carboxylic acids is 1. The van der Waals surface area contributed by atoms with Crippen LogP contribution in [0.4, 0.5) is 0 Å². The Hall–Kier alpha value is -2.47. The van der Waals surface area contributed by atoms with Crippen LogP contribution in [-0.2, 0) is 0 Å². The number of likely N-dealkylation sites (tertiary alicyclic amines) is 1. The van der Waals surface area contributed by atoms with E-state index in [2.05, 4.69) is 15.3 Å². The van der Waals surface area contributed by atoms with Crippen LogP contribution in [0.25, 0.3) is 0 Å². The Bertz CT molecular complexity index is 663. The first-order chi connectivity index (χ1) is 11.3. The first-order valence-electron chi connectivity index (χ1n) is 7.74. The van der Waals surface area contributed by atoms with Crippen LogP contribution in [0, 0.1) is 5.92 Å². The summed E-state index contributed by atoms with van der Waals surface area (Å²) in [5.41, 5.74) is 0.636. The van der Waals surface area contributed by atoms with Gasteiger partial charge in [-0.3, -0.25) is 9.78 Å². The number of nitrogens with one attached hydrogen (secondary N) is 1. The fourth-order valence-electron chi connectivity index (χ4n) is 2.81. The summed E-state index contributed by atoms with van der Waals surface area (Å²) in [6.07, 6.45) is 5.73. The number of amides is 1. The molecular formula is C17H20N4O2. The summed E-state index contributed by atoms with van der Waals surface area (Å²) in [5, 5.41) is 3.17. The van der Waals surface area contributed by atoms with E-state index in [0.29, 0.717) is 23.1 Å². The molecular weight excluding hydrogens is 292 g/mol. The van der Waals surface area contributed by atoms with Crippen molar-refractivity contribution in [2.75, 3.05) is 26.7 Å². The first-order valence-corrected chi connectivity index (χ1v) is 7.74. The molecule has 23 heavy (non-hydrogen) atoms. The van der Waals surface area contributed by atoms with Crippen LogP contribution in [0.15, 0.2) is 42.9 Å². The average molecular weight is 312 g/mol. The number of rotatable bonds is 5. The summed E-state index contributed by atoms with van der Waals surface area (Å²) in [5.74, 6) is 1.57. The molecule has 1 N–H and O–H groups in total. The van der Waals surface area contributed by atoms with Gasteiger partial charge in [0, 0.05) is 31.0 Å². The molecule has 2 heterocycles. The third kappa shape index (κ3) is 3.84. The van der Waals surface area contributed by atoms with Crippen LogP contribution < -0.4 is 10.1 Å². The number of hydrogen-bond donors (Lipinski definition) is 1. The van der Waals surface area contributed by atoms with E-state index in [9.17, 15) is 4.79 Å². The van der Waals surface area contributed by atoms with Gasteiger partial charge < -0.3 is 15.0 Å². The zero-order chi connectivity index (χ0) is 16.1. The molecule has 1 aliphatic rings. The normalized spacial score (nSPS) is 17.3. The smallest absolute Gasteiger partial charge is 0.253 e. The molecule has 0 radical (unpaired) electrons. The molecule has 6 nitrogen and oxygen atoms in total. The lowest BCUT2D eigenvalue weighted by Gasteiger charge is -2.17. The summed E-state index contributed by atoms with van der Waals surface area (Å²) >= 11 is 0. The molecule has 120 valence electrons. The molecule has 1 aliphatic heterocycles. The minimum Gasteiger partial charge on any atom is -0.437 e. The topological polar surface area (TPSA) is 67.4 Å². The van der Waals surface area contributed by atoms with E-state index >= 15 is 0 Å². The van der Waals surface area contributed by atoms with Crippen molar-refractivity contribution in [1.82, 2.24) is 20.2 Å². The molecule has 0 bridgehead atoms. The Labute approximate surface area is 135 Å². The van der Waals surface area contributed by atoms with Crippen LogP contribution in [0.5, 0.6) is 11.6 Å². The van der Waals surface area contributed by atoms with Crippen LogP contribution >= 0.6 is 0 Å². The third-order valence-electron chi connectivity index (χ3n) is 3.91. The number of ether oxygens (including phenoxy) is 1. The van der Waals surface area contributed by atoms with Gasteiger partial charge in [-0.2, -0.15) is 0 Å². The fraction of sp³-hybridized carbons (Fsp3) is 0.353. The molecule has 1 amide bonds. The van der Waals surface area contributed by atoms with Crippen molar-refractivity contribution in [3.05, 3.63) is 48.4 Å². The van der Waals surface area contributed by atoms with Gasteiger partial charge >= 0.3 is 0 Å². The Balaban J connectivity index is 1.68. The highest BCUT2D eigenvalue weighted by atomic mass is 16.5. The quantitative estimate of drug-likeness (QED) is 0.914. The monoisotopic (exact) mass is 312 g/mol. The number of hydrogen-bond acceptors (Lipinski definition) is 5. The van der Waals surface area contributed by atoms with Crippen molar-refractivity contribution in [3.63, 3.8) is 0 Å².